The van der Waals surface area contributed by atoms with Gasteiger partial charge in [0.1, 0.15) is 24.9 Å². The number of esters is 1. The lowest BCUT2D eigenvalue weighted by Crippen LogP contribution is -2.48. The lowest BCUT2D eigenvalue weighted by atomic mass is 10.2. The fourth-order valence-electron chi connectivity index (χ4n) is 2.80. The van der Waals surface area contributed by atoms with E-state index in [4.69, 9.17) is 14.2 Å². The lowest BCUT2D eigenvalue weighted by molar-refractivity contribution is -0.149. The standard InChI is InChI=1S/C23H28N2O6/c1-4-30-21(26)15-25(14-18-10-12-20(29-3)13-11-18)22(27)17(2)24-23(28)31-16-19-8-6-5-7-9-19/h5-13,17H,4,14-16H2,1-3H3,(H,24,28)/t17-/m0/s1. The average Bonchev–Trinajstić information content (AvgIpc) is 2.78. The number of alkyl carbamates (subject to hydrolysis) is 1. The Labute approximate surface area is 182 Å². The Morgan fingerprint density at radius 1 is 0.968 bits per heavy atom. The molecule has 0 fully saturated rings. The fraction of sp³-hybridized carbons (Fsp3) is 0.348. The summed E-state index contributed by atoms with van der Waals surface area (Å²) in [5, 5.41) is 2.52. The molecule has 2 rings (SSSR count). The Morgan fingerprint density at radius 3 is 2.26 bits per heavy atom. The molecular weight excluding hydrogens is 400 g/mol. The van der Waals surface area contributed by atoms with Gasteiger partial charge in [-0.15, -0.1) is 0 Å². The van der Waals surface area contributed by atoms with Crippen molar-refractivity contribution >= 4 is 18.0 Å². The van der Waals surface area contributed by atoms with Crippen LogP contribution in [0, 0.1) is 0 Å². The maximum absolute atomic E-state index is 12.9. The predicted octanol–water partition coefficient (Wildman–Crippen LogP) is 2.90. The summed E-state index contributed by atoms with van der Waals surface area (Å²) in [5.41, 5.74) is 1.64. The summed E-state index contributed by atoms with van der Waals surface area (Å²) in [7, 11) is 1.57. The molecule has 0 unspecified atom stereocenters. The van der Waals surface area contributed by atoms with Gasteiger partial charge in [0, 0.05) is 6.54 Å². The second-order valence-electron chi connectivity index (χ2n) is 6.78. The van der Waals surface area contributed by atoms with Crippen LogP contribution in [0.15, 0.2) is 54.6 Å². The van der Waals surface area contributed by atoms with Gasteiger partial charge in [-0.1, -0.05) is 42.5 Å². The van der Waals surface area contributed by atoms with E-state index in [0.29, 0.717) is 5.75 Å². The van der Waals surface area contributed by atoms with E-state index >= 15 is 0 Å². The third-order valence-corrected chi connectivity index (χ3v) is 4.39. The molecule has 0 aliphatic rings. The largest absolute Gasteiger partial charge is 0.497 e. The summed E-state index contributed by atoms with van der Waals surface area (Å²) < 4.78 is 15.3. The maximum atomic E-state index is 12.9. The van der Waals surface area contributed by atoms with Gasteiger partial charge in [0.2, 0.25) is 5.91 Å². The van der Waals surface area contributed by atoms with Gasteiger partial charge in [0.15, 0.2) is 0 Å². The molecule has 2 aromatic rings. The molecule has 2 aromatic carbocycles. The number of carbonyl (C=O) groups is 3. The molecule has 0 aromatic heterocycles. The molecule has 166 valence electrons. The van der Waals surface area contributed by atoms with E-state index in [1.807, 2.05) is 30.3 Å². The van der Waals surface area contributed by atoms with E-state index in [1.165, 1.54) is 11.8 Å². The normalized spacial score (nSPS) is 11.2. The van der Waals surface area contributed by atoms with Crippen LogP contribution >= 0.6 is 0 Å². The zero-order chi connectivity index (χ0) is 22.6. The maximum Gasteiger partial charge on any atom is 0.408 e. The minimum Gasteiger partial charge on any atom is -0.497 e. The Balaban J connectivity index is 1.99. The number of nitrogens with one attached hydrogen (secondary N) is 1. The fourth-order valence-corrected chi connectivity index (χ4v) is 2.80. The van der Waals surface area contributed by atoms with E-state index in [9.17, 15) is 14.4 Å². The van der Waals surface area contributed by atoms with Crippen molar-refractivity contribution in [2.24, 2.45) is 0 Å². The summed E-state index contributed by atoms with van der Waals surface area (Å²) in [6, 6.07) is 15.5. The van der Waals surface area contributed by atoms with Crippen LogP contribution in [0.1, 0.15) is 25.0 Å². The monoisotopic (exact) mass is 428 g/mol. The second-order valence-corrected chi connectivity index (χ2v) is 6.78. The van der Waals surface area contributed by atoms with Gasteiger partial charge in [-0.25, -0.2) is 4.79 Å². The molecule has 0 bridgehead atoms. The van der Waals surface area contributed by atoms with Crippen LogP contribution in [0.3, 0.4) is 0 Å². The molecule has 8 nitrogen and oxygen atoms in total. The van der Waals surface area contributed by atoms with E-state index in [1.54, 1.807) is 38.3 Å². The molecule has 8 heteroatoms. The Hall–Kier alpha value is -3.55. The molecule has 0 aliphatic heterocycles. The van der Waals surface area contributed by atoms with Crippen molar-refractivity contribution in [1.29, 1.82) is 0 Å². The zero-order valence-corrected chi connectivity index (χ0v) is 18.0. The molecule has 0 saturated carbocycles. The first-order valence-corrected chi connectivity index (χ1v) is 9.97. The molecule has 31 heavy (non-hydrogen) atoms. The smallest absolute Gasteiger partial charge is 0.408 e. The Bertz CT molecular complexity index is 854. The van der Waals surface area contributed by atoms with E-state index in [0.717, 1.165) is 11.1 Å². The van der Waals surface area contributed by atoms with Gasteiger partial charge in [-0.2, -0.15) is 0 Å². The van der Waals surface area contributed by atoms with Gasteiger partial charge in [0.05, 0.1) is 13.7 Å². The van der Waals surface area contributed by atoms with Crippen molar-refractivity contribution in [1.82, 2.24) is 10.2 Å². The highest BCUT2D eigenvalue weighted by Gasteiger charge is 2.25. The van der Waals surface area contributed by atoms with Gasteiger partial charge >= 0.3 is 12.1 Å². The molecule has 1 N–H and O–H groups in total. The summed E-state index contributed by atoms with van der Waals surface area (Å²) in [6.07, 6.45) is -0.717. The van der Waals surface area contributed by atoms with Gasteiger partial charge in [-0.05, 0) is 37.1 Å². The van der Waals surface area contributed by atoms with Crippen molar-refractivity contribution in [3.63, 3.8) is 0 Å². The minimum atomic E-state index is -0.893. The highest BCUT2D eigenvalue weighted by molar-refractivity contribution is 5.88. The Kier molecular flexibility index (Phi) is 9.35. The first-order valence-electron chi connectivity index (χ1n) is 9.97. The lowest BCUT2D eigenvalue weighted by Gasteiger charge is -2.25. The van der Waals surface area contributed by atoms with Crippen molar-refractivity contribution in [3.8, 4) is 5.75 Å². The topological polar surface area (TPSA) is 94.2 Å². The summed E-state index contributed by atoms with van der Waals surface area (Å²) in [6.45, 7) is 3.48. The summed E-state index contributed by atoms with van der Waals surface area (Å²) >= 11 is 0. The second kappa shape index (κ2) is 12.2. The molecule has 0 heterocycles. The number of ether oxygens (including phenoxy) is 3. The van der Waals surface area contributed by atoms with E-state index in [2.05, 4.69) is 5.32 Å². The van der Waals surface area contributed by atoms with Crippen molar-refractivity contribution < 1.29 is 28.6 Å². The van der Waals surface area contributed by atoms with Crippen molar-refractivity contribution in [2.45, 2.75) is 33.0 Å². The quantitative estimate of drug-likeness (QED) is 0.585. The van der Waals surface area contributed by atoms with Crippen LogP contribution in [-0.4, -0.2) is 49.2 Å². The molecule has 2 amide bonds. The van der Waals surface area contributed by atoms with E-state index < -0.39 is 24.0 Å². The van der Waals surface area contributed by atoms with E-state index in [-0.39, 0.29) is 26.3 Å². The first-order chi connectivity index (χ1) is 14.9. The number of benzene rings is 2. The molecule has 0 saturated heterocycles. The minimum absolute atomic E-state index is 0.0893. The number of carbonyl (C=O) groups excluding carboxylic acids is 3. The van der Waals surface area contributed by atoms with Gasteiger partial charge in [0.25, 0.3) is 0 Å². The van der Waals surface area contributed by atoms with Crippen LogP contribution in [0.4, 0.5) is 4.79 Å². The van der Waals surface area contributed by atoms with Gasteiger partial charge in [-0.3, -0.25) is 9.59 Å². The molecule has 0 spiro atoms. The number of hydrogen-bond acceptors (Lipinski definition) is 6. The van der Waals surface area contributed by atoms with Crippen LogP contribution in [-0.2, 0) is 32.2 Å². The number of nitrogens with zero attached hydrogens (tertiary/aromatic N) is 1. The highest BCUT2D eigenvalue weighted by atomic mass is 16.5. The van der Waals surface area contributed by atoms with Crippen LogP contribution in [0.5, 0.6) is 5.75 Å². The predicted molar refractivity (Wildman–Crippen MR) is 114 cm³/mol. The summed E-state index contributed by atoms with van der Waals surface area (Å²) in [5.74, 6) is -0.271. The van der Waals surface area contributed by atoms with Gasteiger partial charge < -0.3 is 24.4 Å². The van der Waals surface area contributed by atoms with Crippen molar-refractivity contribution in [2.75, 3.05) is 20.3 Å². The zero-order valence-electron chi connectivity index (χ0n) is 18.0. The van der Waals surface area contributed by atoms with Crippen molar-refractivity contribution in [3.05, 3.63) is 65.7 Å². The molecule has 0 radical (unpaired) electrons. The average molecular weight is 428 g/mol. The molecular formula is C23H28N2O6. The third kappa shape index (κ3) is 8.00. The first kappa shape index (κ1) is 23.7. The number of rotatable bonds is 10. The number of amides is 2. The Morgan fingerprint density at radius 2 is 1.65 bits per heavy atom. The van der Waals surface area contributed by atoms with Crippen LogP contribution < -0.4 is 10.1 Å². The molecule has 1 atom stereocenters. The number of hydrogen-bond donors (Lipinski definition) is 1. The highest BCUT2D eigenvalue weighted by Crippen LogP contribution is 2.14. The third-order valence-electron chi connectivity index (χ3n) is 4.39. The van der Waals surface area contributed by atoms with Crippen LogP contribution in [0.25, 0.3) is 0 Å². The summed E-state index contributed by atoms with van der Waals surface area (Å²) in [4.78, 5) is 38.4. The number of methoxy groups -OCH3 is 1. The van der Waals surface area contributed by atoms with Crippen LogP contribution in [0.2, 0.25) is 0 Å². The molecule has 0 aliphatic carbocycles. The SMILES string of the molecule is CCOC(=O)CN(Cc1ccc(OC)cc1)C(=O)[C@H](C)NC(=O)OCc1ccccc1.